The maximum absolute atomic E-state index is 10.8. The molecule has 0 aromatic carbocycles. The Kier molecular flexibility index (Phi) is 2.11. The van der Waals surface area contributed by atoms with Crippen molar-refractivity contribution in [3.63, 3.8) is 0 Å². The van der Waals surface area contributed by atoms with Crippen LogP contribution in [0.2, 0.25) is 0 Å². The number of aromatic amines is 2. The smallest absolute Gasteiger partial charge is 0.306 e. The second-order valence-corrected chi connectivity index (χ2v) is 2.10. The largest absolute Gasteiger partial charge is 0.323 e. The number of rotatable bonds is 1. The first-order valence-electron chi connectivity index (χ1n) is 3.35. The molecule has 0 bridgehead atoms. The summed E-state index contributed by atoms with van der Waals surface area (Å²) in [5, 5.41) is 1.57. The van der Waals surface area contributed by atoms with Gasteiger partial charge in [-0.3, -0.25) is 0 Å². The highest BCUT2D eigenvalue weighted by Crippen LogP contribution is 1.59. The van der Waals surface area contributed by atoms with E-state index in [4.69, 9.17) is 0 Å². The predicted molar refractivity (Wildman–Crippen MR) is 45.5 cm³/mol. The van der Waals surface area contributed by atoms with Crippen LogP contribution in [0, 0.1) is 0 Å². The Balaban J connectivity index is 3.61. The molecule has 0 amide bonds. The minimum Gasteiger partial charge on any atom is -0.306 e. The molecule has 0 saturated heterocycles. The van der Waals surface area contributed by atoms with Crippen molar-refractivity contribution in [2.45, 2.75) is 6.92 Å². The number of aromatic nitrogens is 2. The van der Waals surface area contributed by atoms with Gasteiger partial charge in [0.2, 0.25) is 0 Å². The minimum atomic E-state index is -0.189. The van der Waals surface area contributed by atoms with Crippen molar-refractivity contribution in [3.8, 4) is 0 Å². The molecule has 1 aromatic rings. The maximum Gasteiger partial charge on any atom is 0.323 e. The van der Waals surface area contributed by atoms with Gasteiger partial charge in [0, 0.05) is 0 Å². The van der Waals surface area contributed by atoms with Crippen LogP contribution in [0.5, 0.6) is 0 Å². The quantitative estimate of drug-likeness (QED) is 0.555. The van der Waals surface area contributed by atoms with Gasteiger partial charge in [-0.05, 0) is 13.0 Å². The van der Waals surface area contributed by atoms with Crippen LogP contribution in [-0.2, 0) is 0 Å². The van der Waals surface area contributed by atoms with Gasteiger partial charge in [-0.25, -0.2) is 4.79 Å². The maximum atomic E-state index is 10.8. The van der Waals surface area contributed by atoms with E-state index in [1.54, 1.807) is 12.2 Å². The zero-order valence-corrected chi connectivity index (χ0v) is 6.35. The van der Waals surface area contributed by atoms with Crippen LogP contribution in [0.1, 0.15) is 6.92 Å². The average molecular weight is 150 g/mol. The summed E-state index contributed by atoms with van der Waals surface area (Å²) < 4.78 is 0. The third-order valence-corrected chi connectivity index (χ3v) is 1.36. The zero-order valence-electron chi connectivity index (χ0n) is 6.35. The number of allylic oxidation sites excluding steroid dienone is 1. The second-order valence-electron chi connectivity index (χ2n) is 2.10. The molecule has 0 aliphatic carbocycles. The first-order chi connectivity index (χ1) is 5.27. The van der Waals surface area contributed by atoms with E-state index in [1.807, 2.05) is 13.0 Å². The molecule has 0 radical (unpaired) electrons. The van der Waals surface area contributed by atoms with Crippen LogP contribution in [0.3, 0.4) is 0 Å². The molecule has 0 spiro atoms. The van der Waals surface area contributed by atoms with Crippen molar-refractivity contribution < 1.29 is 0 Å². The molecule has 1 aromatic heterocycles. The summed E-state index contributed by atoms with van der Waals surface area (Å²) in [5.74, 6) is 0. The lowest BCUT2D eigenvalue weighted by molar-refractivity contribution is 1.17. The molecule has 11 heavy (non-hydrogen) atoms. The number of H-pyrrole nitrogens is 2. The van der Waals surface area contributed by atoms with E-state index in [9.17, 15) is 4.79 Å². The second kappa shape index (κ2) is 3.05. The Morgan fingerprint density at radius 1 is 1.36 bits per heavy atom. The number of hydrogen-bond donors (Lipinski definition) is 2. The molecule has 1 rings (SSSR count). The molecule has 0 aliphatic heterocycles. The van der Waals surface area contributed by atoms with Gasteiger partial charge < -0.3 is 9.97 Å². The van der Waals surface area contributed by atoms with Gasteiger partial charge in [0.1, 0.15) is 0 Å². The molecule has 0 unspecified atom stereocenters. The highest BCUT2D eigenvalue weighted by Gasteiger charge is 1.86. The Morgan fingerprint density at radius 2 is 2.00 bits per heavy atom. The van der Waals surface area contributed by atoms with Crippen LogP contribution < -0.4 is 16.4 Å². The van der Waals surface area contributed by atoms with Crippen molar-refractivity contribution in [2.75, 3.05) is 0 Å². The van der Waals surface area contributed by atoms with Crippen molar-refractivity contribution in [3.05, 3.63) is 33.8 Å². The topological polar surface area (TPSA) is 48.6 Å². The normalized spacial score (nSPS) is 13.9. The molecule has 3 heteroatoms. The van der Waals surface area contributed by atoms with E-state index in [-0.39, 0.29) is 5.69 Å². The summed E-state index contributed by atoms with van der Waals surface area (Å²) in [6.45, 7) is 5.40. The molecule has 3 nitrogen and oxygen atoms in total. The molecule has 0 atom stereocenters. The summed E-state index contributed by atoms with van der Waals surface area (Å²) in [7, 11) is 0. The fourth-order valence-electron chi connectivity index (χ4n) is 0.888. The SMILES string of the molecule is C=C/C=c1/[nH]c(=O)[nH]/c1=C/C. The third-order valence-electron chi connectivity index (χ3n) is 1.36. The lowest BCUT2D eigenvalue weighted by Gasteiger charge is -1.72. The average Bonchev–Trinajstić information content (AvgIpc) is 2.32. The number of hydrogen-bond acceptors (Lipinski definition) is 1. The van der Waals surface area contributed by atoms with Gasteiger partial charge in [-0.15, -0.1) is 0 Å². The van der Waals surface area contributed by atoms with Crippen molar-refractivity contribution in [2.24, 2.45) is 0 Å². The summed E-state index contributed by atoms with van der Waals surface area (Å²) in [6, 6.07) is 0. The Labute approximate surface area is 63.8 Å². The molecule has 1 heterocycles. The van der Waals surface area contributed by atoms with E-state index in [0.717, 1.165) is 10.7 Å². The van der Waals surface area contributed by atoms with Crippen molar-refractivity contribution in [1.82, 2.24) is 9.97 Å². The molecule has 58 valence electrons. The van der Waals surface area contributed by atoms with E-state index in [0.29, 0.717) is 0 Å². The van der Waals surface area contributed by atoms with Crippen LogP contribution in [-0.4, -0.2) is 9.97 Å². The summed E-state index contributed by atoms with van der Waals surface area (Å²) in [6.07, 6.45) is 5.20. The van der Waals surface area contributed by atoms with Gasteiger partial charge in [-0.2, -0.15) is 0 Å². The fraction of sp³-hybridized carbons (Fsp3) is 0.125. The first-order valence-corrected chi connectivity index (χ1v) is 3.35. The summed E-state index contributed by atoms with van der Waals surface area (Å²) >= 11 is 0. The molecule has 2 N–H and O–H groups in total. The van der Waals surface area contributed by atoms with E-state index in [1.165, 1.54) is 0 Å². The van der Waals surface area contributed by atoms with Gasteiger partial charge in [0.15, 0.2) is 0 Å². The number of nitrogens with one attached hydrogen (secondary N) is 2. The summed E-state index contributed by atoms with van der Waals surface area (Å²) in [4.78, 5) is 16.0. The first kappa shape index (κ1) is 7.60. The van der Waals surface area contributed by atoms with Crippen LogP contribution in [0.25, 0.3) is 12.2 Å². The Bertz CT molecular complexity index is 408. The van der Waals surface area contributed by atoms with E-state index in [2.05, 4.69) is 16.5 Å². The van der Waals surface area contributed by atoms with Gasteiger partial charge >= 0.3 is 5.69 Å². The zero-order chi connectivity index (χ0) is 8.27. The van der Waals surface area contributed by atoms with Crippen LogP contribution in [0.15, 0.2) is 17.4 Å². The summed E-state index contributed by atoms with van der Waals surface area (Å²) in [5.41, 5.74) is -0.189. The molecular formula is C8H10N2O. The van der Waals surface area contributed by atoms with Gasteiger partial charge in [0.05, 0.1) is 10.7 Å². The molecular weight excluding hydrogens is 140 g/mol. The van der Waals surface area contributed by atoms with E-state index < -0.39 is 0 Å². The molecule has 0 saturated carbocycles. The van der Waals surface area contributed by atoms with Gasteiger partial charge in [0.25, 0.3) is 0 Å². The predicted octanol–water partition coefficient (Wildman–Crippen LogP) is -0.530. The third kappa shape index (κ3) is 1.49. The lowest BCUT2D eigenvalue weighted by Crippen LogP contribution is -2.23. The Morgan fingerprint density at radius 3 is 2.55 bits per heavy atom. The monoisotopic (exact) mass is 150 g/mol. The van der Waals surface area contributed by atoms with Crippen LogP contribution in [0.4, 0.5) is 0 Å². The van der Waals surface area contributed by atoms with Gasteiger partial charge in [-0.1, -0.05) is 18.7 Å². The Hall–Kier alpha value is -1.51. The molecule has 0 aliphatic rings. The van der Waals surface area contributed by atoms with Crippen molar-refractivity contribution >= 4 is 12.2 Å². The fourth-order valence-corrected chi connectivity index (χ4v) is 0.888. The molecule has 0 fully saturated rings. The standard InChI is InChI=1S/C8H10N2O/c1-3-5-7-6(4-2)9-8(11)10-7/h3-5H,1H2,2H3,(H2,9,10,11)/b6-4+,7-5+. The minimum absolute atomic E-state index is 0.189. The van der Waals surface area contributed by atoms with Crippen molar-refractivity contribution in [1.29, 1.82) is 0 Å². The number of imidazole rings is 1. The van der Waals surface area contributed by atoms with Crippen LogP contribution >= 0.6 is 0 Å². The van der Waals surface area contributed by atoms with E-state index >= 15 is 0 Å². The highest BCUT2D eigenvalue weighted by molar-refractivity contribution is 5.33. The lowest BCUT2D eigenvalue weighted by atomic mass is 10.4. The highest BCUT2D eigenvalue weighted by atomic mass is 16.1.